The van der Waals surface area contributed by atoms with Crippen molar-refractivity contribution in [3.8, 4) is 28.6 Å². The van der Waals surface area contributed by atoms with Gasteiger partial charge in [0.2, 0.25) is 0 Å². The Kier molecular flexibility index (Phi) is 5.02. The SMILES string of the molecule is COc1ccc(/C=C/C(=O)c2ccc(O)c(O)c2)c2cc(-c3ccc(C)cc3)oc12. The van der Waals surface area contributed by atoms with E-state index in [1.165, 1.54) is 24.3 Å². The quantitative estimate of drug-likeness (QED) is 0.254. The molecule has 1 aromatic heterocycles. The number of carbonyl (C=O) groups is 1. The molecule has 4 aromatic rings. The molecule has 3 aromatic carbocycles. The van der Waals surface area contributed by atoms with E-state index in [0.717, 1.165) is 22.1 Å². The van der Waals surface area contributed by atoms with Crippen LogP contribution in [0, 0.1) is 6.92 Å². The highest BCUT2D eigenvalue weighted by Gasteiger charge is 2.14. The van der Waals surface area contributed by atoms with E-state index in [0.29, 0.717) is 17.1 Å². The van der Waals surface area contributed by atoms with Crippen molar-refractivity contribution in [1.29, 1.82) is 0 Å². The number of carbonyl (C=O) groups excluding carboxylic acids is 1. The van der Waals surface area contributed by atoms with Crippen LogP contribution in [0.3, 0.4) is 0 Å². The standard InChI is InChI=1S/C25H20O5/c1-15-3-5-17(6-4-15)24-14-19-16(9-12-23(29-2)25(19)30-24)7-10-20(26)18-8-11-21(27)22(28)13-18/h3-14,27-28H,1-2H3/b10-7+. The first-order chi connectivity index (χ1) is 14.5. The van der Waals surface area contributed by atoms with Crippen LogP contribution >= 0.6 is 0 Å². The zero-order valence-electron chi connectivity index (χ0n) is 16.5. The molecule has 0 bridgehead atoms. The van der Waals surface area contributed by atoms with Gasteiger partial charge in [0, 0.05) is 16.5 Å². The van der Waals surface area contributed by atoms with Crippen LogP contribution in [0.1, 0.15) is 21.5 Å². The molecular formula is C25H20O5. The van der Waals surface area contributed by atoms with Crippen LogP contribution in [0.15, 0.2) is 71.2 Å². The molecule has 0 fully saturated rings. The summed E-state index contributed by atoms with van der Waals surface area (Å²) >= 11 is 0. The van der Waals surface area contributed by atoms with Crippen LogP contribution in [-0.4, -0.2) is 23.1 Å². The van der Waals surface area contributed by atoms with Gasteiger partial charge in [-0.15, -0.1) is 0 Å². The van der Waals surface area contributed by atoms with Crippen LogP contribution in [0.25, 0.3) is 28.4 Å². The molecule has 0 radical (unpaired) electrons. The summed E-state index contributed by atoms with van der Waals surface area (Å²) in [6, 6.07) is 17.6. The fourth-order valence-electron chi connectivity index (χ4n) is 3.22. The molecular weight excluding hydrogens is 380 g/mol. The molecule has 0 aliphatic carbocycles. The number of rotatable bonds is 5. The third kappa shape index (κ3) is 3.65. The van der Waals surface area contributed by atoms with Crippen LogP contribution in [0.4, 0.5) is 0 Å². The third-order valence-corrected chi connectivity index (χ3v) is 4.91. The van der Waals surface area contributed by atoms with Crippen molar-refractivity contribution in [3.63, 3.8) is 0 Å². The van der Waals surface area contributed by atoms with E-state index >= 15 is 0 Å². The lowest BCUT2D eigenvalue weighted by molar-refractivity contribution is 0.104. The van der Waals surface area contributed by atoms with Gasteiger partial charge in [0.25, 0.3) is 0 Å². The summed E-state index contributed by atoms with van der Waals surface area (Å²) in [5, 5.41) is 19.8. The number of furan rings is 1. The molecule has 1 heterocycles. The fourth-order valence-corrected chi connectivity index (χ4v) is 3.22. The summed E-state index contributed by atoms with van der Waals surface area (Å²) < 4.78 is 11.5. The minimum atomic E-state index is -0.335. The maximum atomic E-state index is 12.5. The van der Waals surface area contributed by atoms with Gasteiger partial charge in [-0.1, -0.05) is 42.0 Å². The molecule has 5 nitrogen and oxygen atoms in total. The van der Waals surface area contributed by atoms with Crippen molar-refractivity contribution in [2.24, 2.45) is 0 Å². The average molecular weight is 400 g/mol. The van der Waals surface area contributed by atoms with Crippen molar-refractivity contribution in [2.45, 2.75) is 6.92 Å². The summed E-state index contributed by atoms with van der Waals surface area (Å²) in [5.41, 5.74) is 3.78. The van der Waals surface area contributed by atoms with Gasteiger partial charge in [-0.3, -0.25) is 4.79 Å². The number of aryl methyl sites for hydroxylation is 1. The zero-order chi connectivity index (χ0) is 21.3. The number of ether oxygens (including phenoxy) is 1. The van der Waals surface area contributed by atoms with E-state index in [1.807, 2.05) is 43.3 Å². The largest absolute Gasteiger partial charge is 0.504 e. The molecule has 30 heavy (non-hydrogen) atoms. The molecule has 4 rings (SSSR count). The number of fused-ring (bicyclic) bond motifs is 1. The summed E-state index contributed by atoms with van der Waals surface area (Å²) in [5.74, 6) is 0.416. The summed E-state index contributed by atoms with van der Waals surface area (Å²) in [7, 11) is 1.58. The highest BCUT2D eigenvalue weighted by atomic mass is 16.5. The Morgan fingerprint density at radius 1 is 0.967 bits per heavy atom. The maximum Gasteiger partial charge on any atom is 0.185 e. The molecule has 0 saturated carbocycles. The minimum absolute atomic E-state index is 0.269. The summed E-state index contributed by atoms with van der Waals surface area (Å²) in [4.78, 5) is 12.5. The van der Waals surface area contributed by atoms with E-state index in [-0.39, 0.29) is 22.8 Å². The van der Waals surface area contributed by atoms with Gasteiger partial charge >= 0.3 is 0 Å². The number of allylic oxidation sites excluding steroid dienone is 1. The minimum Gasteiger partial charge on any atom is -0.504 e. The van der Waals surface area contributed by atoms with Crippen molar-refractivity contribution in [2.75, 3.05) is 7.11 Å². The van der Waals surface area contributed by atoms with Gasteiger partial charge in [0.05, 0.1) is 7.11 Å². The first-order valence-electron chi connectivity index (χ1n) is 9.38. The molecule has 5 heteroatoms. The Balaban J connectivity index is 1.73. The lowest BCUT2D eigenvalue weighted by atomic mass is 10.0. The number of benzene rings is 3. The monoisotopic (exact) mass is 400 g/mol. The Labute approximate surface area is 173 Å². The maximum absolute atomic E-state index is 12.5. The van der Waals surface area contributed by atoms with Gasteiger partial charge in [-0.2, -0.15) is 0 Å². The second-order valence-corrected chi connectivity index (χ2v) is 6.98. The highest BCUT2D eigenvalue weighted by Crippen LogP contribution is 2.36. The van der Waals surface area contributed by atoms with Gasteiger partial charge < -0.3 is 19.4 Å². The molecule has 0 atom stereocenters. The van der Waals surface area contributed by atoms with Crippen molar-refractivity contribution < 1.29 is 24.2 Å². The normalized spacial score (nSPS) is 11.3. The first kappa shape index (κ1) is 19.3. The van der Waals surface area contributed by atoms with E-state index < -0.39 is 0 Å². The predicted molar refractivity (Wildman–Crippen MR) is 116 cm³/mol. The second-order valence-electron chi connectivity index (χ2n) is 6.98. The fraction of sp³-hybridized carbons (Fsp3) is 0.0800. The Hall–Kier alpha value is -3.99. The second kappa shape index (κ2) is 7.79. The van der Waals surface area contributed by atoms with E-state index in [4.69, 9.17) is 9.15 Å². The van der Waals surface area contributed by atoms with Crippen molar-refractivity contribution in [3.05, 3.63) is 83.4 Å². The highest BCUT2D eigenvalue weighted by molar-refractivity contribution is 6.08. The summed E-state index contributed by atoms with van der Waals surface area (Å²) in [6.07, 6.45) is 3.12. The molecule has 0 aliphatic rings. The van der Waals surface area contributed by atoms with E-state index in [2.05, 4.69) is 0 Å². The molecule has 0 amide bonds. The van der Waals surface area contributed by atoms with Crippen molar-refractivity contribution >= 4 is 22.8 Å². The lowest BCUT2D eigenvalue weighted by Gasteiger charge is -2.03. The smallest absolute Gasteiger partial charge is 0.185 e. The Morgan fingerprint density at radius 3 is 2.43 bits per heavy atom. The molecule has 0 unspecified atom stereocenters. The Morgan fingerprint density at radius 2 is 1.73 bits per heavy atom. The first-order valence-corrected chi connectivity index (χ1v) is 9.38. The van der Waals surface area contributed by atoms with Gasteiger partial charge in [0.15, 0.2) is 28.6 Å². The van der Waals surface area contributed by atoms with Gasteiger partial charge in [-0.05, 0) is 48.9 Å². The van der Waals surface area contributed by atoms with E-state index in [9.17, 15) is 15.0 Å². The molecule has 0 spiro atoms. The van der Waals surface area contributed by atoms with Gasteiger partial charge in [0.1, 0.15) is 5.76 Å². The predicted octanol–water partition coefficient (Wildman–Crippen LogP) is 5.72. The topological polar surface area (TPSA) is 79.9 Å². The number of methoxy groups -OCH3 is 1. The zero-order valence-corrected chi connectivity index (χ0v) is 16.5. The number of hydrogen-bond donors (Lipinski definition) is 2. The molecule has 0 aliphatic heterocycles. The number of hydrogen-bond acceptors (Lipinski definition) is 5. The molecule has 0 saturated heterocycles. The van der Waals surface area contributed by atoms with Gasteiger partial charge in [-0.25, -0.2) is 0 Å². The average Bonchev–Trinajstić information content (AvgIpc) is 3.20. The number of ketones is 1. The van der Waals surface area contributed by atoms with Crippen LogP contribution in [0.2, 0.25) is 0 Å². The number of phenols is 2. The van der Waals surface area contributed by atoms with Crippen LogP contribution in [0.5, 0.6) is 17.2 Å². The van der Waals surface area contributed by atoms with Crippen LogP contribution in [-0.2, 0) is 0 Å². The number of phenolic OH excluding ortho intramolecular Hbond substituents is 2. The summed E-state index contributed by atoms with van der Waals surface area (Å²) in [6.45, 7) is 2.03. The third-order valence-electron chi connectivity index (χ3n) is 4.91. The van der Waals surface area contributed by atoms with Crippen molar-refractivity contribution in [1.82, 2.24) is 0 Å². The van der Waals surface area contributed by atoms with Crippen LogP contribution < -0.4 is 4.74 Å². The lowest BCUT2D eigenvalue weighted by Crippen LogP contribution is -1.93. The number of aromatic hydroxyl groups is 2. The molecule has 2 N–H and O–H groups in total. The molecule has 150 valence electrons. The van der Waals surface area contributed by atoms with E-state index in [1.54, 1.807) is 19.3 Å². The Bertz CT molecular complexity index is 1260.